The summed E-state index contributed by atoms with van der Waals surface area (Å²) in [6.45, 7) is 0. The number of aromatic nitrogens is 3. The minimum absolute atomic E-state index is 0.0558. The number of benzene rings is 1. The summed E-state index contributed by atoms with van der Waals surface area (Å²) < 4.78 is 41.2. The molecule has 0 aliphatic rings. The Labute approximate surface area is 135 Å². The molecular weight excluding hydrogens is 321 g/mol. The lowest BCUT2D eigenvalue weighted by Crippen LogP contribution is -2.17. The van der Waals surface area contributed by atoms with Gasteiger partial charge in [-0.25, -0.2) is 9.97 Å². The molecule has 2 N–H and O–H groups in total. The number of ether oxygens (including phenoxy) is 1. The smallest absolute Gasteiger partial charge is 0.406 e. The summed E-state index contributed by atoms with van der Waals surface area (Å²) in [5, 5.41) is 0. The molecule has 0 fully saturated rings. The van der Waals surface area contributed by atoms with Crippen molar-refractivity contribution in [3.05, 3.63) is 55.0 Å². The van der Waals surface area contributed by atoms with Crippen LogP contribution in [0.4, 0.5) is 19.1 Å². The summed E-state index contributed by atoms with van der Waals surface area (Å²) in [7, 11) is 0. The average Bonchev–Trinajstić information content (AvgIpc) is 2.54. The number of hydrogen-bond acceptors (Lipinski definition) is 5. The first-order valence-corrected chi connectivity index (χ1v) is 6.81. The first-order valence-electron chi connectivity index (χ1n) is 6.81. The first-order chi connectivity index (χ1) is 11.4. The second kappa shape index (κ2) is 6.15. The number of hydrogen-bond donors (Lipinski definition) is 1. The van der Waals surface area contributed by atoms with Crippen LogP contribution in [0.25, 0.3) is 22.4 Å². The van der Waals surface area contributed by atoms with E-state index in [1.807, 2.05) is 0 Å². The summed E-state index contributed by atoms with van der Waals surface area (Å²) in [4.78, 5) is 12.1. The zero-order valence-corrected chi connectivity index (χ0v) is 12.2. The van der Waals surface area contributed by atoms with Gasteiger partial charge in [-0.15, -0.1) is 13.2 Å². The monoisotopic (exact) mass is 332 g/mol. The maximum atomic E-state index is 12.4. The number of nitrogens with two attached hydrogens (primary N) is 1. The molecule has 0 saturated carbocycles. The van der Waals surface area contributed by atoms with Gasteiger partial charge in [0.1, 0.15) is 5.75 Å². The van der Waals surface area contributed by atoms with Crippen molar-refractivity contribution < 1.29 is 17.9 Å². The number of anilines is 1. The van der Waals surface area contributed by atoms with Crippen molar-refractivity contribution in [3.63, 3.8) is 0 Å². The van der Waals surface area contributed by atoms with E-state index in [0.717, 1.165) is 0 Å². The van der Waals surface area contributed by atoms with Crippen LogP contribution < -0.4 is 10.5 Å². The van der Waals surface area contributed by atoms with Crippen molar-refractivity contribution >= 4 is 5.95 Å². The molecule has 0 amide bonds. The molecular formula is C16H11F3N4O. The van der Waals surface area contributed by atoms with Crippen LogP contribution in [-0.2, 0) is 0 Å². The lowest BCUT2D eigenvalue weighted by atomic mass is 10.0. The van der Waals surface area contributed by atoms with Gasteiger partial charge < -0.3 is 10.5 Å². The van der Waals surface area contributed by atoms with E-state index in [1.54, 1.807) is 30.6 Å². The number of nitrogen functional groups attached to an aromatic ring is 1. The topological polar surface area (TPSA) is 73.9 Å². The van der Waals surface area contributed by atoms with Crippen LogP contribution >= 0.6 is 0 Å². The number of halogens is 3. The Hall–Kier alpha value is -3.16. The van der Waals surface area contributed by atoms with Gasteiger partial charge in [0.2, 0.25) is 5.95 Å². The summed E-state index contributed by atoms with van der Waals surface area (Å²) in [5.74, 6) is -0.269. The lowest BCUT2D eigenvalue weighted by Gasteiger charge is -2.12. The summed E-state index contributed by atoms with van der Waals surface area (Å²) >= 11 is 0. The van der Waals surface area contributed by atoms with Crippen LogP contribution in [0.3, 0.4) is 0 Å². The van der Waals surface area contributed by atoms with E-state index < -0.39 is 6.36 Å². The predicted molar refractivity (Wildman–Crippen MR) is 81.8 cm³/mol. The van der Waals surface area contributed by atoms with Crippen LogP contribution in [-0.4, -0.2) is 21.3 Å². The van der Waals surface area contributed by atoms with E-state index in [-0.39, 0.29) is 11.7 Å². The standard InChI is InChI=1S/C16H11F3N4O/c17-16(18,19)24-12-5-1-3-10(7-12)13-9-22-15(20)23-14(13)11-4-2-6-21-8-11/h1-9H,(H2,20,22,23). The molecule has 0 saturated heterocycles. The molecule has 0 atom stereocenters. The highest BCUT2D eigenvalue weighted by Gasteiger charge is 2.31. The Morgan fingerprint density at radius 2 is 1.79 bits per heavy atom. The fourth-order valence-corrected chi connectivity index (χ4v) is 2.19. The van der Waals surface area contributed by atoms with Crippen molar-refractivity contribution in [2.24, 2.45) is 0 Å². The average molecular weight is 332 g/mol. The molecule has 2 heterocycles. The van der Waals surface area contributed by atoms with E-state index >= 15 is 0 Å². The van der Waals surface area contributed by atoms with Gasteiger partial charge in [-0.05, 0) is 29.8 Å². The van der Waals surface area contributed by atoms with Crippen LogP contribution in [0.15, 0.2) is 55.0 Å². The molecule has 8 heteroatoms. The second-order valence-electron chi connectivity index (χ2n) is 4.81. The molecule has 24 heavy (non-hydrogen) atoms. The van der Waals surface area contributed by atoms with Gasteiger partial charge in [0.05, 0.1) is 5.69 Å². The molecule has 0 aliphatic carbocycles. The van der Waals surface area contributed by atoms with Gasteiger partial charge in [-0.1, -0.05) is 12.1 Å². The number of rotatable bonds is 3. The molecule has 2 aromatic heterocycles. The quantitative estimate of drug-likeness (QED) is 0.792. The maximum absolute atomic E-state index is 12.4. The van der Waals surface area contributed by atoms with Crippen molar-refractivity contribution in [1.82, 2.24) is 15.0 Å². The van der Waals surface area contributed by atoms with Crippen molar-refractivity contribution in [2.45, 2.75) is 6.36 Å². The largest absolute Gasteiger partial charge is 0.573 e. The number of alkyl halides is 3. The third-order valence-corrected chi connectivity index (χ3v) is 3.12. The van der Waals surface area contributed by atoms with Gasteiger partial charge in [0, 0.05) is 29.7 Å². The fourth-order valence-electron chi connectivity index (χ4n) is 2.19. The molecule has 122 valence electrons. The molecule has 1 aromatic carbocycles. The highest BCUT2D eigenvalue weighted by atomic mass is 19.4. The number of nitrogens with zero attached hydrogens (tertiary/aromatic N) is 3. The van der Waals surface area contributed by atoms with Gasteiger partial charge in [-0.2, -0.15) is 0 Å². The Morgan fingerprint density at radius 1 is 1.00 bits per heavy atom. The molecule has 3 rings (SSSR count). The normalized spacial score (nSPS) is 11.3. The predicted octanol–water partition coefficient (Wildman–Crippen LogP) is 3.69. The van der Waals surface area contributed by atoms with Crippen molar-refractivity contribution in [1.29, 1.82) is 0 Å². The van der Waals surface area contributed by atoms with E-state index in [0.29, 0.717) is 22.4 Å². The zero-order valence-electron chi connectivity index (χ0n) is 12.2. The SMILES string of the molecule is Nc1ncc(-c2cccc(OC(F)(F)F)c2)c(-c2cccnc2)n1. The van der Waals surface area contributed by atoms with E-state index in [1.165, 1.54) is 24.4 Å². The Morgan fingerprint density at radius 3 is 2.50 bits per heavy atom. The third-order valence-electron chi connectivity index (χ3n) is 3.12. The Kier molecular flexibility index (Phi) is 4.03. The minimum atomic E-state index is -4.76. The van der Waals surface area contributed by atoms with E-state index in [9.17, 15) is 13.2 Å². The van der Waals surface area contributed by atoms with Crippen LogP contribution in [0.1, 0.15) is 0 Å². The fraction of sp³-hybridized carbons (Fsp3) is 0.0625. The zero-order chi connectivity index (χ0) is 17.2. The van der Waals surface area contributed by atoms with E-state index in [2.05, 4.69) is 19.7 Å². The molecule has 0 spiro atoms. The molecule has 3 aromatic rings. The summed E-state index contributed by atoms with van der Waals surface area (Å²) in [5.41, 5.74) is 7.77. The van der Waals surface area contributed by atoms with Crippen molar-refractivity contribution in [3.8, 4) is 28.1 Å². The summed E-state index contributed by atoms with van der Waals surface area (Å²) in [6.07, 6.45) is -0.118. The third kappa shape index (κ3) is 3.60. The lowest BCUT2D eigenvalue weighted by molar-refractivity contribution is -0.274. The highest BCUT2D eigenvalue weighted by Crippen LogP contribution is 2.33. The molecule has 0 unspecified atom stereocenters. The molecule has 5 nitrogen and oxygen atoms in total. The van der Waals surface area contributed by atoms with Gasteiger partial charge in [0.15, 0.2) is 0 Å². The minimum Gasteiger partial charge on any atom is -0.406 e. The van der Waals surface area contributed by atoms with E-state index in [4.69, 9.17) is 5.73 Å². The van der Waals surface area contributed by atoms with Gasteiger partial charge >= 0.3 is 6.36 Å². The Balaban J connectivity index is 2.09. The molecule has 0 radical (unpaired) electrons. The van der Waals surface area contributed by atoms with Crippen molar-refractivity contribution in [2.75, 3.05) is 5.73 Å². The molecule has 0 aliphatic heterocycles. The Bertz CT molecular complexity index is 853. The molecule has 0 bridgehead atoms. The van der Waals surface area contributed by atoms with Crippen LogP contribution in [0.2, 0.25) is 0 Å². The van der Waals surface area contributed by atoms with Crippen LogP contribution in [0.5, 0.6) is 5.75 Å². The second-order valence-corrected chi connectivity index (χ2v) is 4.81. The van der Waals surface area contributed by atoms with Crippen LogP contribution in [0, 0.1) is 0 Å². The van der Waals surface area contributed by atoms with Gasteiger partial charge in [-0.3, -0.25) is 4.98 Å². The highest BCUT2D eigenvalue weighted by molar-refractivity contribution is 5.80. The summed E-state index contributed by atoms with van der Waals surface area (Å²) in [6, 6.07) is 9.08. The number of pyridine rings is 1. The van der Waals surface area contributed by atoms with Gasteiger partial charge in [0.25, 0.3) is 0 Å². The first kappa shape index (κ1) is 15.7. The maximum Gasteiger partial charge on any atom is 0.573 e.